The first-order chi connectivity index (χ1) is 8.66. The molecule has 0 bridgehead atoms. The van der Waals surface area contributed by atoms with E-state index in [0.717, 1.165) is 29.5 Å². The lowest BCUT2D eigenvalue weighted by Gasteiger charge is -2.27. The zero-order chi connectivity index (χ0) is 12.7. The van der Waals surface area contributed by atoms with Crippen LogP contribution in [-0.2, 0) is 11.3 Å². The summed E-state index contributed by atoms with van der Waals surface area (Å²) in [7, 11) is 0. The van der Waals surface area contributed by atoms with E-state index in [-0.39, 0.29) is 6.10 Å². The Kier molecular flexibility index (Phi) is 2.59. The van der Waals surface area contributed by atoms with Gasteiger partial charge in [-0.1, -0.05) is 18.2 Å². The van der Waals surface area contributed by atoms with Crippen LogP contribution in [0.2, 0.25) is 0 Å². The number of aromatic carboxylic acids is 1. The molecule has 1 aromatic carbocycles. The van der Waals surface area contributed by atoms with E-state index in [2.05, 4.69) is 0 Å². The minimum Gasteiger partial charge on any atom is -0.477 e. The number of para-hydroxylation sites is 1. The highest BCUT2D eigenvalue weighted by atomic mass is 16.5. The predicted molar refractivity (Wildman–Crippen MR) is 68.0 cm³/mol. The van der Waals surface area contributed by atoms with E-state index in [1.807, 2.05) is 29.7 Å². The lowest BCUT2D eigenvalue weighted by molar-refractivity contribution is -0.0588. The number of hydrogen-bond acceptors (Lipinski definition) is 2. The van der Waals surface area contributed by atoms with Gasteiger partial charge < -0.3 is 14.4 Å². The average molecular weight is 245 g/mol. The molecule has 0 amide bonds. The first-order valence-electron chi connectivity index (χ1n) is 6.10. The summed E-state index contributed by atoms with van der Waals surface area (Å²) in [5, 5.41) is 10.3. The van der Waals surface area contributed by atoms with Crippen molar-refractivity contribution in [2.45, 2.75) is 26.0 Å². The van der Waals surface area contributed by atoms with Gasteiger partial charge in [-0.3, -0.25) is 0 Å². The van der Waals surface area contributed by atoms with Gasteiger partial charge in [0, 0.05) is 18.5 Å². The standard InChI is InChI=1S/C14H15NO3/c1-9-3-2-4-10-7-12(14(16)17)15(13(9)10)8-11-5-6-18-11/h2-4,7,11H,5-6,8H2,1H3,(H,16,17). The summed E-state index contributed by atoms with van der Waals surface area (Å²) in [5.41, 5.74) is 2.44. The summed E-state index contributed by atoms with van der Waals surface area (Å²) in [6, 6.07) is 7.65. The molecule has 3 rings (SSSR count). The third kappa shape index (κ3) is 1.69. The number of benzene rings is 1. The molecular formula is C14H15NO3. The predicted octanol–water partition coefficient (Wildman–Crippen LogP) is 2.44. The van der Waals surface area contributed by atoms with Gasteiger partial charge in [-0.15, -0.1) is 0 Å². The number of nitrogens with zero attached hydrogens (tertiary/aromatic N) is 1. The molecule has 0 saturated carbocycles. The number of hydrogen-bond donors (Lipinski definition) is 1. The molecule has 1 saturated heterocycles. The Morgan fingerprint density at radius 3 is 2.94 bits per heavy atom. The normalized spacial score (nSPS) is 18.8. The molecule has 1 N–H and O–H groups in total. The third-order valence-electron chi connectivity index (χ3n) is 3.52. The average Bonchev–Trinajstić information content (AvgIpc) is 2.64. The summed E-state index contributed by atoms with van der Waals surface area (Å²) in [5.74, 6) is -0.884. The van der Waals surface area contributed by atoms with Crippen molar-refractivity contribution >= 4 is 16.9 Å². The molecule has 0 radical (unpaired) electrons. The zero-order valence-electron chi connectivity index (χ0n) is 10.2. The first-order valence-corrected chi connectivity index (χ1v) is 6.10. The van der Waals surface area contributed by atoms with E-state index in [1.54, 1.807) is 6.07 Å². The summed E-state index contributed by atoms with van der Waals surface area (Å²) in [4.78, 5) is 11.3. The Bertz CT molecular complexity index is 611. The van der Waals surface area contributed by atoms with E-state index < -0.39 is 5.97 Å². The van der Waals surface area contributed by atoms with Crippen LogP contribution in [0.1, 0.15) is 22.5 Å². The highest BCUT2D eigenvalue weighted by Crippen LogP contribution is 2.25. The number of fused-ring (bicyclic) bond motifs is 1. The zero-order valence-corrected chi connectivity index (χ0v) is 10.2. The maximum atomic E-state index is 11.3. The van der Waals surface area contributed by atoms with Gasteiger partial charge in [-0.2, -0.15) is 0 Å². The van der Waals surface area contributed by atoms with Crippen LogP contribution in [0.25, 0.3) is 10.9 Å². The molecule has 1 fully saturated rings. The van der Waals surface area contributed by atoms with Gasteiger partial charge in [0.15, 0.2) is 0 Å². The van der Waals surface area contributed by atoms with Crippen LogP contribution in [0.4, 0.5) is 0 Å². The lowest BCUT2D eigenvalue weighted by atomic mass is 10.1. The SMILES string of the molecule is Cc1cccc2cc(C(=O)O)n(CC3CCO3)c12. The van der Waals surface area contributed by atoms with E-state index in [1.165, 1.54) is 0 Å². The Morgan fingerprint density at radius 2 is 2.33 bits per heavy atom. The van der Waals surface area contributed by atoms with Gasteiger partial charge in [-0.25, -0.2) is 4.79 Å². The van der Waals surface area contributed by atoms with Crippen LogP contribution in [0.3, 0.4) is 0 Å². The van der Waals surface area contributed by atoms with Crippen molar-refractivity contribution < 1.29 is 14.6 Å². The lowest BCUT2D eigenvalue weighted by Crippen LogP contribution is -2.32. The fraction of sp³-hybridized carbons (Fsp3) is 0.357. The molecule has 94 valence electrons. The van der Waals surface area contributed by atoms with Gasteiger partial charge in [0.1, 0.15) is 5.69 Å². The van der Waals surface area contributed by atoms with E-state index in [9.17, 15) is 9.90 Å². The second kappa shape index (κ2) is 4.14. The van der Waals surface area contributed by atoms with Crippen molar-refractivity contribution in [1.82, 2.24) is 4.57 Å². The van der Waals surface area contributed by atoms with Crippen molar-refractivity contribution in [1.29, 1.82) is 0 Å². The first kappa shape index (κ1) is 11.3. The highest BCUT2D eigenvalue weighted by molar-refractivity contribution is 5.95. The van der Waals surface area contributed by atoms with Crippen molar-refractivity contribution in [2.75, 3.05) is 6.61 Å². The van der Waals surface area contributed by atoms with Crippen LogP contribution < -0.4 is 0 Å². The molecule has 4 nitrogen and oxygen atoms in total. The van der Waals surface area contributed by atoms with Crippen LogP contribution in [0.5, 0.6) is 0 Å². The minimum absolute atomic E-state index is 0.151. The van der Waals surface area contributed by atoms with Crippen molar-refractivity contribution in [3.8, 4) is 0 Å². The summed E-state index contributed by atoms with van der Waals surface area (Å²) >= 11 is 0. The fourth-order valence-corrected chi connectivity index (χ4v) is 2.51. The van der Waals surface area contributed by atoms with Crippen molar-refractivity contribution in [3.63, 3.8) is 0 Å². The molecule has 4 heteroatoms. The molecular weight excluding hydrogens is 230 g/mol. The molecule has 1 atom stereocenters. The van der Waals surface area contributed by atoms with Gasteiger partial charge in [0.2, 0.25) is 0 Å². The number of carboxylic acid groups (broad SMARTS) is 1. The Morgan fingerprint density at radius 1 is 1.56 bits per heavy atom. The molecule has 2 heterocycles. The molecule has 1 aliphatic heterocycles. The van der Waals surface area contributed by atoms with E-state index >= 15 is 0 Å². The monoisotopic (exact) mass is 245 g/mol. The maximum absolute atomic E-state index is 11.3. The fourth-order valence-electron chi connectivity index (χ4n) is 2.51. The third-order valence-corrected chi connectivity index (χ3v) is 3.52. The van der Waals surface area contributed by atoms with Crippen molar-refractivity contribution in [3.05, 3.63) is 35.5 Å². The van der Waals surface area contributed by atoms with Crippen LogP contribution >= 0.6 is 0 Å². The number of carboxylic acids is 1. The molecule has 2 aromatic rings. The van der Waals surface area contributed by atoms with E-state index in [4.69, 9.17) is 4.74 Å². The van der Waals surface area contributed by atoms with Gasteiger partial charge in [0.25, 0.3) is 0 Å². The van der Waals surface area contributed by atoms with Crippen LogP contribution in [0, 0.1) is 6.92 Å². The van der Waals surface area contributed by atoms with Crippen LogP contribution in [0.15, 0.2) is 24.3 Å². The topological polar surface area (TPSA) is 51.5 Å². The molecule has 0 aliphatic carbocycles. The number of carbonyl (C=O) groups is 1. The number of aryl methyl sites for hydroxylation is 1. The number of aromatic nitrogens is 1. The van der Waals surface area contributed by atoms with Gasteiger partial charge in [0.05, 0.1) is 11.6 Å². The van der Waals surface area contributed by atoms with Crippen LogP contribution in [-0.4, -0.2) is 28.4 Å². The molecule has 1 unspecified atom stereocenters. The second-order valence-corrected chi connectivity index (χ2v) is 4.74. The van der Waals surface area contributed by atoms with Gasteiger partial charge >= 0.3 is 5.97 Å². The molecule has 18 heavy (non-hydrogen) atoms. The summed E-state index contributed by atoms with van der Waals surface area (Å²) in [6.45, 7) is 3.41. The summed E-state index contributed by atoms with van der Waals surface area (Å²) in [6.07, 6.45) is 1.16. The molecule has 1 aromatic heterocycles. The minimum atomic E-state index is -0.884. The Labute approximate surface area is 105 Å². The largest absolute Gasteiger partial charge is 0.477 e. The number of rotatable bonds is 3. The quantitative estimate of drug-likeness (QED) is 0.903. The van der Waals surface area contributed by atoms with E-state index in [0.29, 0.717) is 12.2 Å². The highest BCUT2D eigenvalue weighted by Gasteiger charge is 2.23. The molecule has 0 spiro atoms. The summed E-state index contributed by atoms with van der Waals surface area (Å²) < 4.78 is 7.29. The smallest absolute Gasteiger partial charge is 0.352 e. The van der Waals surface area contributed by atoms with Gasteiger partial charge in [-0.05, 0) is 25.0 Å². The number of ether oxygens (including phenoxy) is 1. The second-order valence-electron chi connectivity index (χ2n) is 4.74. The molecule has 1 aliphatic rings. The Hall–Kier alpha value is -1.81. The maximum Gasteiger partial charge on any atom is 0.352 e. The Balaban J connectivity index is 2.16. The van der Waals surface area contributed by atoms with Crippen molar-refractivity contribution in [2.24, 2.45) is 0 Å².